The van der Waals surface area contributed by atoms with Gasteiger partial charge in [0.15, 0.2) is 0 Å². The van der Waals surface area contributed by atoms with Gasteiger partial charge in [0.05, 0.1) is 0 Å². The molecule has 1 heterocycles. The lowest BCUT2D eigenvalue weighted by Gasteiger charge is -2.40. The van der Waals surface area contributed by atoms with Gasteiger partial charge < -0.3 is 0 Å². The monoisotopic (exact) mass is 292 g/mol. The predicted molar refractivity (Wildman–Crippen MR) is 73.9 cm³/mol. The van der Waals surface area contributed by atoms with Gasteiger partial charge in [-0.1, -0.05) is 19.1 Å². The van der Waals surface area contributed by atoms with Crippen molar-refractivity contribution in [3.05, 3.63) is 35.6 Å². The molecule has 0 bridgehead atoms. The van der Waals surface area contributed by atoms with Crippen LogP contribution < -0.4 is 5.32 Å². The number of imide groups is 2. The fraction of sp³-hybridized carbons (Fsp3) is 0.400. The molecule has 2 rings (SSSR count). The molecule has 1 aliphatic rings. The number of hydrogen-bond donors (Lipinski definition) is 1. The Kier molecular flexibility index (Phi) is 3.80. The van der Waals surface area contributed by atoms with Gasteiger partial charge in [0, 0.05) is 5.54 Å². The smallest absolute Gasteiger partial charge is 0.277 e. The van der Waals surface area contributed by atoms with E-state index in [9.17, 15) is 18.8 Å². The average molecular weight is 292 g/mol. The van der Waals surface area contributed by atoms with Gasteiger partial charge in [0.25, 0.3) is 0 Å². The summed E-state index contributed by atoms with van der Waals surface area (Å²) >= 11 is 0. The Morgan fingerprint density at radius 3 is 2.29 bits per heavy atom. The third-order valence-electron chi connectivity index (χ3n) is 3.84. The van der Waals surface area contributed by atoms with Crippen molar-refractivity contribution in [1.29, 1.82) is 0 Å². The van der Waals surface area contributed by atoms with Crippen molar-refractivity contribution in [3.8, 4) is 0 Å². The highest BCUT2D eigenvalue weighted by atomic mass is 19.1. The van der Waals surface area contributed by atoms with E-state index in [1.807, 2.05) is 6.92 Å². The summed E-state index contributed by atoms with van der Waals surface area (Å²) in [7, 11) is 0. The van der Waals surface area contributed by atoms with Crippen molar-refractivity contribution in [2.75, 3.05) is 0 Å². The van der Waals surface area contributed by atoms with Crippen molar-refractivity contribution >= 4 is 17.8 Å². The average Bonchev–Trinajstić information content (AvgIpc) is 2.40. The van der Waals surface area contributed by atoms with Crippen LogP contribution in [0, 0.1) is 5.82 Å². The number of barbiturate groups is 1. The Bertz CT molecular complexity index is 595. The standard InChI is InChI=1S/C15H17FN2O3/c1-4-15(2,3)18-13(20)11(12(19)17-14(18)21)9-5-7-10(16)8-6-9/h5-8,11H,4H2,1-3H3,(H,17,19,21). The van der Waals surface area contributed by atoms with Gasteiger partial charge in [-0.05, 0) is 38.0 Å². The zero-order chi connectivity index (χ0) is 15.8. The second kappa shape index (κ2) is 5.27. The fourth-order valence-electron chi connectivity index (χ4n) is 2.26. The third kappa shape index (κ3) is 2.66. The second-order valence-corrected chi connectivity index (χ2v) is 5.62. The fourth-order valence-corrected chi connectivity index (χ4v) is 2.26. The van der Waals surface area contributed by atoms with Gasteiger partial charge in [-0.25, -0.2) is 9.18 Å². The molecule has 1 saturated heterocycles. The number of nitrogens with zero attached hydrogens (tertiary/aromatic N) is 1. The third-order valence-corrected chi connectivity index (χ3v) is 3.84. The Morgan fingerprint density at radius 1 is 1.19 bits per heavy atom. The first-order chi connectivity index (χ1) is 9.77. The number of carbonyl (C=O) groups is 3. The first kappa shape index (κ1) is 15.2. The summed E-state index contributed by atoms with van der Waals surface area (Å²) in [5.41, 5.74) is -0.344. The quantitative estimate of drug-likeness (QED) is 0.868. The number of halogens is 1. The predicted octanol–water partition coefficient (Wildman–Crippen LogP) is 2.18. The molecule has 112 valence electrons. The molecule has 0 aliphatic carbocycles. The van der Waals surface area contributed by atoms with E-state index in [4.69, 9.17) is 0 Å². The van der Waals surface area contributed by atoms with Gasteiger partial charge in [0.1, 0.15) is 11.7 Å². The maximum atomic E-state index is 13.0. The van der Waals surface area contributed by atoms with Gasteiger partial charge in [-0.15, -0.1) is 0 Å². The van der Waals surface area contributed by atoms with Gasteiger partial charge in [0.2, 0.25) is 11.8 Å². The van der Waals surface area contributed by atoms with Crippen LogP contribution in [0.3, 0.4) is 0 Å². The number of hydrogen-bond acceptors (Lipinski definition) is 3. The highest BCUT2D eigenvalue weighted by Gasteiger charge is 2.46. The maximum absolute atomic E-state index is 13.0. The van der Waals surface area contributed by atoms with Crippen LogP contribution >= 0.6 is 0 Å². The molecular weight excluding hydrogens is 275 g/mol. The highest BCUT2D eigenvalue weighted by molar-refractivity contribution is 6.19. The molecule has 1 atom stereocenters. The Hall–Kier alpha value is -2.24. The summed E-state index contributed by atoms with van der Waals surface area (Å²) in [5, 5.41) is 2.20. The van der Waals surface area contributed by atoms with Crippen LogP contribution in [-0.2, 0) is 9.59 Å². The van der Waals surface area contributed by atoms with Crippen molar-refractivity contribution in [1.82, 2.24) is 10.2 Å². The molecule has 1 N–H and O–H groups in total. The topological polar surface area (TPSA) is 66.5 Å². The summed E-state index contributed by atoms with van der Waals surface area (Å²) in [6.07, 6.45) is 0.552. The molecule has 1 unspecified atom stereocenters. The van der Waals surface area contributed by atoms with Crippen molar-refractivity contribution in [2.24, 2.45) is 0 Å². The molecule has 1 aromatic carbocycles. The minimum Gasteiger partial charge on any atom is -0.277 e. The van der Waals surface area contributed by atoms with E-state index in [1.165, 1.54) is 24.3 Å². The molecule has 1 aromatic rings. The summed E-state index contributed by atoms with van der Waals surface area (Å²) in [6.45, 7) is 5.36. The molecule has 5 nitrogen and oxygen atoms in total. The van der Waals surface area contributed by atoms with Gasteiger partial charge in [-0.3, -0.25) is 19.8 Å². The number of urea groups is 1. The number of benzene rings is 1. The molecule has 1 aliphatic heterocycles. The van der Waals surface area contributed by atoms with Crippen LogP contribution in [-0.4, -0.2) is 28.3 Å². The normalized spacial score (nSPS) is 19.7. The van der Waals surface area contributed by atoms with E-state index in [0.29, 0.717) is 12.0 Å². The van der Waals surface area contributed by atoms with Crippen LogP contribution in [0.25, 0.3) is 0 Å². The zero-order valence-electron chi connectivity index (χ0n) is 12.1. The van der Waals surface area contributed by atoms with E-state index < -0.39 is 35.1 Å². The molecule has 0 spiro atoms. The first-order valence-corrected chi connectivity index (χ1v) is 6.72. The molecule has 4 amide bonds. The maximum Gasteiger partial charge on any atom is 0.331 e. The van der Waals surface area contributed by atoms with Crippen LogP contribution in [0.5, 0.6) is 0 Å². The SMILES string of the molecule is CCC(C)(C)N1C(=O)NC(=O)C(c2ccc(F)cc2)C1=O. The highest BCUT2D eigenvalue weighted by Crippen LogP contribution is 2.29. The Morgan fingerprint density at radius 2 is 1.76 bits per heavy atom. The van der Waals surface area contributed by atoms with Crippen LogP contribution in [0.2, 0.25) is 0 Å². The van der Waals surface area contributed by atoms with Crippen molar-refractivity contribution in [3.63, 3.8) is 0 Å². The molecule has 21 heavy (non-hydrogen) atoms. The van der Waals surface area contributed by atoms with Gasteiger partial charge >= 0.3 is 6.03 Å². The lowest BCUT2D eigenvalue weighted by Crippen LogP contribution is -2.63. The lowest BCUT2D eigenvalue weighted by atomic mass is 9.90. The lowest BCUT2D eigenvalue weighted by molar-refractivity contribution is -0.142. The van der Waals surface area contributed by atoms with Crippen molar-refractivity contribution in [2.45, 2.75) is 38.6 Å². The van der Waals surface area contributed by atoms with E-state index in [-0.39, 0.29) is 0 Å². The summed E-state index contributed by atoms with van der Waals surface area (Å²) < 4.78 is 13.0. The Balaban J connectivity index is 2.42. The molecule has 6 heteroatoms. The molecular formula is C15H17FN2O3. The van der Waals surface area contributed by atoms with Gasteiger partial charge in [-0.2, -0.15) is 0 Å². The summed E-state index contributed by atoms with van der Waals surface area (Å²) in [4.78, 5) is 37.6. The number of amides is 4. The van der Waals surface area contributed by atoms with E-state index in [0.717, 1.165) is 4.90 Å². The van der Waals surface area contributed by atoms with Crippen molar-refractivity contribution < 1.29 is 18.8 Å². The molecule has 0 saturated carbocycles. The van der Waals surface area contributed by atoms with E-state index in [1.54, 1.807) is 13.8 Å². The summed E-state index contributed by atoms with van der Waals surface area (Å²) in [5.74, 6) is -2.85. The minimum absolute atomic E-state index is 0.364. The number of rotatable bonds is 3. The van der Waals surface area contributed by atoms with E-state index >= 15 is 0 Å². The summed E-state index contributed by atoms with van der Waals surface area (Å²) in [6, 6.07) is 4.41. The van der Waals surface area contributed by atoms with Crippen LogP contribution in [0.15, 0.2) is 24.3 Å². The largest absolute Gasteiger partial charge is 0.331 e. The Labute approximate surface area is 122 Å². The van der Waals surface area contributed by atoms with Crippen LogP contribution in [0.4, 0.5) is 9.18 Å². The zero-order valence-corrected chi connectivity index (χ0v) is 12.1. The molecule has 1 fully saturated rings. The van der Waals surface area contributed by atoms with Crippen LogP contribution in [0.1, 0.15) is 38.7 Å². The molecule has 0 aromatic heterocycles. The first-order valence-electron chi connectivity index (χ1n) is 6.72. The second-order valence-electron chi connectivity index (χ2n) is 5.62. The number of nitrogens with one attached hydrogen (secondary N) is 1. The minimum atomic E-state index is -1.13. The number of carbonyl (C=O) groups excluding carboxylic acids is 3. The molecule has 0 radical (unpaired) electrons. The van der Waals surface area contributed by atoms with E-state index in [2.05, 4.69) is 5.32 Å².